The van der Waals surface area contributed by atoms with Crippen LogP contribution in [0.2, 0.25) is 0 Å². The van der Waals surface area contributed by atoms with Crippen LogP contribution in [0.25, 0.3) is 0 Å². The topological polar surface area (TPSA) is 108 Å². The summed E-state index contributed by atoms with van der Waals surface area (Å²) in [5, 5.41) is 15.7. The molecule has 190 valence electrons. The van der Waals surface area contributed by atoms with E-state index in [-0.39, 0.29) is 36.9 Å². The van der Waals surface area contributed by atoms with Crippen molar-refractivity contribution in [1.82, 2.24) is 10.2 Å². The van der Waals surface area contributed by atoms with Gasteiger partial charge in [-0.2, -0.15) is 0 Å². The number of nitrogens with zero attached hydrogens (tertiary/aromatic N) is 1. The van der Waals surface area contributed by atoms with Crippen molar-refractivity contribution >= 4 is 23.4 Å². The lowest BCUT2D eigenvalue weighted by atomic mass is 9.65. The van der Waals surface area contributed by atoms with E-state index in [2.05, 4.69) is 10.6 Å². The molecule has 4 aliphatic rings. The van der Waals surface area contributed by atoms with Crippen molar-refractivity contribution in [2.45, 2.75) is 88.0 Å². The highest BCUT2D eigenvalue weighted by atomic mass is 16.5. The van der Waals surface area contributed by atoms with Gasteiger partial charge >= 0.3 is 0 Å². The van der Waals surface area contributed by atoms with Gasteiger partial charge in [-0.15, -0.1) is 0 Å². The van der Waals surface area contributed by atoms with E-state index in [1.54, 1.807) is 4.90 Å². The van der Waals surface area contributed by atoms with Gasteiger partial charge in [0.05, 0.1) is 17.4 Å². The summed E-state index contributed by atoms with van der Waals surface area (Å²) in [4.78, 5) is 42.9. The minimum atomic E-state index is -1.01. The molecule has 0 aromatic heterocycles. The van der Waals surface area contributed by atoms with Crippen molar-refractivity contribution in [1.29, 1.82) is 0 Å². The summed E-state index contributed by atoms with van der Waals surface area (Å²) in [5.74, 6) is -1.99. The van der Waals surface area contributed by atoms with Crippen LogP contribution in [0.4, 0.5) is 5.69 Å². The van der Waals surface area contributed by atoms with Gasteiger partial charge in [-0.25, -0.2) is 0 Å². The van der Waals surface area contributed by atoms with E-state index in [9.17, 15) is 19.5 Å². The third-order valence-corrected chi connectivity index (χ3v) is 8.76. The normalized spacial score (nSPS) is 34.2. The standard InChI is InChI=1S/C27H37N3O5/c1-2-26-14-15-27(35-26)21(20(26)23(32)28-18-10-5-3-6-11-18)25(34)30(16-9-17-31)22(27)24(33)29-19-12-7-4-8-13-19/h3,5-6,10-11,19-22,31H,2,4,7-9,12-17H2,1H3,(H,28,32)(H,29,33)/t20-,21+,22?,26+,27?/m1/s1. The summed E-state index contributed by atoms with van der Waals surface area (Å²) >= 11 is 0. The minimum absolute atomic E-state index is 0.0733. The predicted molar refractivity (Wildman–Crippen MR) is 130 cm³/mol. The number of amides is 3. The van der Waals surface area contributed by atoms with Crippen LogP contribution in [-0.2, 0) is 19.1 Å². The number of nitrogens with one attached hydrogen (secondary N) is 2. The Morgan fingerprint density at radius 3 is 2.54 bits per heavy atom. The second-order valence-electron chi connectivity index (χ2n) is 10.6. The summed E-state index contributed by atoms with van der Waals surface area (Å²) in [7, 11) is 0. The van der Waals surface area contributed by atoms with E-state index in [0.717, 1.165) is 25.7 Å². The van der Waals surface area contributed by atoms with Crippen LogP contribution in [-0.4, -0.2) is 64.2 Å². The van der Waals surface area contributed by atoms with Crippen LogP contribution in [0.1, 0.15) is 64.7 Å². The molecule has 2 unspecified atom stereocenters. The van der Waals surface area contributed by atoms with E-state index in [4.69, 9.17) is 4.74 Å². The maximum atomic E-state index is 13.9. The van der Waals surface area contributed by atoms with Gasteiger partial charge < -0.3 is 25.4 Å². The number of carbonyl (C=O) groups excluding carboxylic acids is 3. The van der Waals surface area contributed by atoms with Gasteiger partial charge in [-0.05, 0) is 50.7 Å². The van der Waals surface area contributed by atoms with E-state index >= 15 is 0 Å². The van der Waals surface area contributed by atoms with E-state index in [0.29, 0.717) is 31.4 Å². The molecule has 1 aromatic carbocycles. The Hall–Kier alpha value is -2.45. The first kappa shape index (κ1) is 24.3. The molecule has 1 aromatic rings. The molecule has 35 heavy (non-hydrogen) atoms. The van der Waals surface area contributed by atoms with Crippen LogP contribution in [0.3, 0.4) is 0 Å². The Morgan fingerprint density at radius 1 is 1.11 bits per heavy atom. The largest absolute Gasteiger partial charge is 0.396 e. The number of hydrogen-bond donors (Lipinski definition) is 3. The molecule has 8 nitrogen and oxygen atoms in total. The molecule has 3 heterocycles. The Balaban J connectivity index is 1.48. The van der Waals surface area contributed by atoms with Crippen LogP contribution in [0.5, 0.6) is 0 Å². The van der Waals surface area contributed by atoms with Gasteiger partial charge in [0.2, 0.25) is 17.7 Å². The van der Waals surface area contributed by atoms with Crippen molar-refractivity contribution in [2.24, 2.45) is 11.8 Å². The summed E-state index contributed by atoms with van der Waals surface area (Å²) in [6.07, 6.45) is 7.44. The molecular weight excluding hydrogens is 446 g/mol. The monoisotopic (exact) mass is 483 g/mol. The number of aliphatic hydroxyl groups excluding tert-OH is 1. The summed E-state index contributed by atoms with van der Waals surface area (Å²) in [6, 6.07) is 8.57. The van der Waals surface area contributed by atoms with Gasteiger partial charge in [0.1, 0.15) is 11.6 Å². The highest BCUT2D eigenvalue weighted by molar-refractivity contribution is 6.02. The Morgan fingerprint density at radius 2 is 1.86 bits per heavy atom. The Kier molecular flexibility index (Phi) is 6.61. The molecule has 8 heteroatoms. The van der Waals surface area contributed by atoms with E-state index in [1.165, 1.54) is 6.42 Å². The molecule has 3 N–H and O–H groups in total. The maximum Gasteiger partial charge on any atom is 0.246 e. The lowest BCUT2D eigenvalue weighted by molar-refractivity contribution is -0.147. The first-order valence-electron chi connectivity index (χ1n) is 13.2. The summed E-state index contributed by atoms with van der Waals surface area (Å²) in [6.45, 7) is 2.19. The van der Waals surface area contributed by atoms with Gasteiger partial charge in [-0.3, -0.25) is 14.4 Å². The molecule has 2 bridgehead atoms. The molecule has 3 saturated heterocycles. The van der Waals surface area contributed by atoms with Crippen molar-refractivity contribution in [3.05, 3.63) is 30.3 Å². The Bertz CT molecular complexity index is 965. The van der Waals surface area contributed by atoms with Crippen molar-refractivity contribution in [3.63, 3.8) is 0 Å². The number of para-hydroxylation sites is 1. The first-order chi connectivity index (χ1) is 17.0. The zero-order valence-electron chi connectivity index (χ0n) is 20.5. The number of hydrogen-bond acceptors (Lipinski definition) is 5. The van der Waals surface area contributed by atoms with Crippen molar-refractivity contribution in [3.8, 4) is 0 Å². The van der Waals surface area contributed by atoms with E-state index in [1.807, 2.05) is 37.3 Å². The zero-order chi connectivity index (χ0) is 24.6. The number of fused-ring (bicyclic) bond motifs is 1. The predicted octanol–water partition coefficient (Wildman–Crippen LogP) is 2.61. The lowest BCUT2D eigenvalue weighted by Crippen LogP contribution is -2.57. The Labute approximate surface area is 206 Å². The van der Waals surface area contributed by atoms with Crippen molar-refractivity contribution in [2.75, 3.05) is 18.5 Å². The summed E-state index contributed by atoms with van der Waals surface area (Å²) in [5.41, 5.74) is -1.10. The minimum Gasteiger partial charge on any atom is -0.396 e. The molecule has 5 rings (SSSR count). The highest BCUT2D eigenvalue weighted by Gasteiger charge is 2.78. The van der Waals surface area contributed by atoms with Gasteiger partial charge in [-0.1, -0.05) is 44.4 Å². The van der Waals surface area contributed by atoms with Crippen LogP contribution < -0.4 is 10.6 Å². The molecule has 1 saturated carbocycles. The molecule has 1 spiro atoms. The van der Waals surface area contributed by atoms with Crippen molar-refractivity contribution < 1.29 is 24.2 Å². The number of ether oxygens (including phenoxy) is 1. The average Bonchev–Trinajstić information content (AvgIpc) is 3.47. The molecule has 1 aliphatic carbocycles. The quantitative estimate of drug-likeness (QED) is 0.527. The second kappa shape index (κ2) is 9.54. The number of likely N-dealkylation sites (tertiary alicyclic amines) is 1. The average molecular weight is 484 g/mol. The first-order valence-corrected chi connectivity index (χ1v) is 13.2. The SMILES string of the molecule is CC[C@@]12CCC3(O1)C(C(=O)NC1CCCCC1)N(CCCO)C(=O)[C@@H]3[C@@H]2C(=O)Nc1ccccc1. The summed E-state index contributed by atoms with van der Waals surface area (Å²) < 4.78 is 6.75. The van der Waals surface area contributed by atoms with Gasteiger partial charge in [0.15, 0.2) is 0 Å². The second-order valence-corrected chi connectivity index (χ2v) is 10.6. The zero-order valence-corrected chi connectivity index (χ0v) is 20.5. The molecular formula is C27H37N3O5. The highest BCUT2D eigenvalue weighted by Crippen LogP contribution is 2.64. The molecule has 0 radical (unpaired) electrons. The number of carbonyl (C=O) groups is 3. The molecule has 5 atom stereocenters. The third-order valence-electron chi connectivity index (χ3n) is 8.76. The van der Waals surface area contributed by atoms with Crippen LogP contribution in [0, 0.1) is 11.8 Å². The maximum absolute atomic E-state index is 13.9. The number of anilines is 1. The molecule has 3 aliphatic heterocycles. The van der Waals surface area contributed by atoms with Crippen LogP contribution >= 0.6 is 0 Å². The third kappa shape index (κ3) is 3.95. The fourth-order valence-electron chi connectivity index (χ4n) is 7.17. The molecule has 3 amide bonds. The smallest absolute Gasteiger partial charge is 0.246 e. The fourth-order valence-corrected chi connectivity index (χ4v) is 7.17. The lowest BCUT2D eigenvalue weighted by Gasteiger charge is -2.35. The number of benzene rings is 1. The van der Waals surface area contributed by atoms with Gasteiger partial charge in [0, 0.05) is 24.9 Å². The van der Waals surface area contributed by atoms with Crippen LogP contribution in [0.15, 0.2) is 30.3 Å². The van der Waals surface area contributed by atoms with Gasteiger partial charge in [0.25, 0.3) is 0 Å². The van der Waals surface area contributed by atoms with E-state index < -0.39 is 29.1 Å². The number of rotatable bonds is 8. The molecule has 4 fully saturated rings. The fraction of sp³-hybridized carbons (Fsp3) is 0.667. The number of aliphatic hydroxyl groups is 1.